The molecule has 0 saturated carbocycles. The Bertz CT molecular complexity index is 550. The van der Waals surface area contributed by atoms with Crippen LogP contribution in [0.2, 0.25) is 0 Å². The molecule has 0 saturated heterocycles. The van der Waals surface area contributed by atoms with Gasteiger partial charge in [0.2, 0.25) is 0 Å². The van der Waals surface area contributed by atoms with Crippen molar-refractivity contribution in [2.75, 3.05) is 12.3 Å². The van der Waals surface area contributed by atoms with E-state index in [2.05, 4.69) is 4.98 Å². The quantitative estimate of drug-likeness (QED) is 0.518. The Hall–Kier alpha value is -1.47. The van der Waals surface area contributed by atoms with E-state index in [-0.39, 0.29) is 19.0 Å². The Morgan fingerprint density at radius 3 is 2.74 bits per heavy atom. The summed E-state index contributed by atoms with van der Waals surface area (Å²) in [5.74, 6) is 0.427. The Morgan fingerprint density at radius 2 is 2.21 bits per heavy atom. The van der Waals surface area contributed by atoms with Crippen LogP contribution in [-0.2, 0) is 11.1 Å². The van der Waals surface area contributed by atoms with Crippen molar-refractivity contribution < 1.29 is 19.5 Å². The largest absolute Gasteiger partial charge is 0.396 e. The molecule has 0 spiro atoms. The van der Waals surface area contributed by atoms with Crippen LogP contribution in [0.25, 0.3) is 0 Å². The van der Waals surface area contributed by atoms with E-state index in [4.69, 9.17) is 20.6 Å². The molecule has 0 aromatic carbocycles. The molecule has 1 aromatic heterocycles. The molecule has 0 fully saturated rings. The third kappa shape index (κ3) is 5.80. The van der Waals surface area contributed by atoms with Crippen molar-refractivity contribution in [2.45, 2.75) is 13.0 Å². The van der Waals surface area contributed by atoms with Crippen LogP contribution in [0.5, 0.6) is 0 Å². The minimum absolute atomic E-state index is 0.126. The lowest BCUT2D eigenvalue weighted by Crippen LogP contribution is -2.24. The topological polar surface area (TPSA) is 139 Å². The second kappa shape index (κ2) is 6.63. The number of nitrogens with two attached hydrogens (primary N) is 1. The first-order valence-electron chi connectivity index (χ1n) is 5.50. The maximum Gasteiger partial charge on any atom is 0.349 e. The van der Waals surface area contributed by atoms with Crippen molar-refractivity contribution in [1.29, 1.82) is 0 Å². The van der Waals surface area contributed by atoms with Gasteiger partial charge in [0.05, 0.1) is 0 Å². The summed E-state index contributed by atoms with van der Waals surface area (Å²) in [6.07, 6.45) is 3.07. The number of aliphatic hydroxyl groups excluding tert-OH is 1. The highest BCUT2D eigenvalue weighted by Gasteiger charge is 2.10. The maximum absolute atomic E-state index is 11.4. The van der Waals surface area contributed by atoms with Crippen molar-refractivity contribution in [3.8, 4) is 0 Å². The van der Waals surface area contributed by atoms with Gasteiger partial charge in [0.1, 0.15) is 5.82 Å². The average molecular weight is 289 g/mol. The fraction of sp³-hybridized carbons (Fsp3) is 0.400. The summed E-state index contributed by atoms with van der Waals surface area (Å²) in [6, 6.07) is 1.47. The fourth-order valence-corrected chi connectivity index (χ4v) is 1.87. The zero-order valence-electron chi connectivity index (χ0n) is 10.1. The van der Waals surface area contributed by atoms with Gasteiger partial charge >= 0.3 is 13.3 Å². The van der Waals surface area contributed by atoms with Crippen LogP contribution in [0.1, 0.15) is 6.42 Å². The van der Waals surface area contributed by atoms with Crippen molar-refractivity contribution in [1.82, 2.24) is 9.55 Å². The average Bonchev–Trinajstić information content (AvgIpc) is 2.30. The SMILES string of the molecule is Nc1ccn(CCC(C=CP(=O)(O)O)CO)c(=O)n1. The van der Waals surface area contributed by atoms with Gasteiger partial charge in [0, 0.05) is 31.1 Å². The third-order valence-corrected chi connectivity index (χ3v) is 2.98. The first-order valence-corrected chi connectivity index (χ1v) is 7.18. The number of nitrogens with zero attached hydrogens (tertiary/aromatic N) is 2. The summed E-state index contributed by atoms with van der Waals surface area (Å²) in [6.45, 7) is -0.00348. The van der Waals surface area contributed by atoms with Crippen molar-refractivity contribution in [3.05, 3.63) is 34.6 Å². The third-order valence-electron chi connectivity index (χ3n) is 2.42. The molecule has 0 bridgehead atoms. The van der Waals surface area contributed by atoms with E-state index in [1.807, 2.05) is 0 Å². The van der Waals surface area contributed by atoms with Crippen LogP contribution < -0.4 is 11.4 Å². The van der Waals surface area contributed by atoms with Gasteiger partial charge in [0.25, 0.3) is 0 Å². The van der Waals surface area contributed by atoms with Gasteiger partial charge in [0.15, 0.2) is 0 Å². The summed E-state index contributed by atoms with van der Waals surface area (Å²) in [5, 5.41) is 9.09. The molecule has 0 amide bonds. The number of aliphatic hydroxyl groups is 1. The molecule has 19 heavy (non-hydrogen) atoms. The molecule has 0 aliphatic carbocycles. The van der Waals surface area contributed by atoms with E-state index < -0.39 is 19.2 Å². The van der Waals surface area contributed by atoms with E-state index in [1.54, 1.807) is 0 Å². The van der Waals surface area contributed by atoms with Gasteiger partial charge in [-0.05, 0) is 12.5 Å². The van der Waals surface area contributed by atoms with Crippen molar-refractivity contribution in [3.63, 3.8) is 0 Å². The molecule has 106 valence electrons. The Kier molecular flexibility index (Phi) is 5.44. The molecule has 1 atom stereocenters. The molecule has 0 aliphatic rings. The summed E-state index contributed by atoms with van der Waals surface area (Å²) in [5.41, 5.74) is 4.84. The zero-order valence-corrected chi connectivity index (χ0v) is 11.0. The van der Waals surface area contributed by atoms with Crippen LogP contribution in [0.4, 0.5) is 5.82 Å². The molecule has 1 heterocycles. The summed E-state index contributed by atoms with van der Waals surface area (Å²) < 4.78 is 12.0. The molecule has 1 unspecified atom stereocenters. The van der Waals surface area contributed by atoms with E-state index >= 15 is 0 Å². The molecule has 1 aromatic rings. The molecule has 1 rings (SSSR count). The van der Waals surface area contributed by atoms with Gasteiger partial charge in [-0.2, -0.15) is 4.98 Å². The molecular weight excluding hydrogens is 273 g/mol. The number of anilines is 1. The minimum Gasteiger partial charge on any atom is -0.396 e. The van der Waals surface area contributed by atoms with Gasteiger partial charge in [-0.15, -0.1) is 0 Å². The number of hydrogen-bond acceptors (Lipinski definition) is 5. The summed E-state index contributed by atoms with van der Waals surface area (Å²) in [7, 11) is -4.23. The van der Waals surface area contributed by atoms with E-state index in [9.17, 15) is 9.36 Å². The molecule has 5 N–H and O–H groups in total. The van der Waals surface area contributed by atoms with Crippen LogP contribution in [0, 0.1) is 5.92 Å². The van der Waals surface area contributed by atoms with Crippen LogP contribution in [0.3, 0.4) is 0 Å². The van der Waals surface area contributed by atoms with Crippen LogP contribution in [0.15, 0.2) is 29.0 Å². The predicted octanol–water partition coefficient (Wildman–Crippen LogP) is -0.484. The minimum atomic E-state index is -4.23. The highest BCUT2D eigenvalue weighted by molar-refractivity contribution is 7.55. The first-order chi connectivity index (χ1) is 8.81. The fourth-order valence-electron chi connectivity index (χ4n) is 1.40. The number of nitrogen functional groups attached to an aromatic ring is 1. The van der Waals surface area contributed by atoms with Gasteiger partial charge < -0.3 is 20.6 Å². The van der Waals surface area contributed by atoms with Crippen LogP contribution in [-0.4, -0.2) is 31.1 Å². The maximum atomic E-state index is 11.4. The van der Waals surface area contributed by atoms with Gasteiger partial charge in [-0.3, -0.25) is 9.13 Å². The second-order valence-electron chi connectivity index (χ2n) is 3.99. The lowest BCUT2D eigenvalue weighted by molar-refractivity contribution is 0.241. The van der Waals surface area contributed by atoms with Crippen molar-refractivity contribution in [2.24, 2.45) is 5.92 Å². The van der Waals surface area contributed by atoms with Crippen LogP contribution >= 0.6 is 7.60 Å². The Balaban J connectivity index is 2.66. The van der Waals surface area contributed by atoms with Gasteiger partial charge in [-0.25, -0.2) is 4.79 Å². The molecule has 8 nitrogen and oxygen atoms in total. The monoisotopic (exact) mass is 289 g/mol. The van der Waals surface area contributed by atoms with E-state index in [0.29, 0.717) is 6.42 Å². The molecular formula is C10H16N3O5P. The molecule has 0 aliphatic heterocycles. The zero-order chi connectivity index (χ0) is 14.5. The van der Waals surface area contributed by atoms with E-state index in [1.165, 1.54) is 22.9 Å². The second-order valence-corrected chi connectivity index (χ2v) is 5.47. The molecule has 0 radical (unpaired) electrons. The number of aromatic nitrogens is 2. The summed E-state index contributed by atoms with van der Waals surface area (Å²) in [4.78, 5) is 32.3. The number of aryl methyl sites for hydroxylation is 1. The number of hydrogen-bond donors (Lipinski definition) is 4. The van der Waals surface area contributed by atoms with Gasteiger partial charge in [-0.1, -0.05) is 6.08 Å². The first kappa shape index (κ1) is 15.6. The Morgan fingerprint density at radius 1 is 1.53 bits per heavy atom. The predicted molar refractivity (Wildman–Crippen MR) is 69.3 cm³/mol. The molecule has 9 heteroatoms. The van der Waals surface area contributed by atoms with E-state index in [0.717, 1.165) is 5.82 Å². The summed E-state index contributed by atoms with van der Waals surface area (Å²) >= 11 is 0. The van der Waals surface area contributed by atoms with Crippen molar-refractivity contribution >= 4 is 13.4 Å². The lowest BCUT2D eigenvalue weighted by atomic mass is 10.1. The highest BCUT2D eigenvalue weighted by Crippen LogP contribution is 2.36. The number of rotatable bonds is 6. The normalized spacial score (nSPS) is 13.8. The smallest absolute Gasteiger partial charge is 0.349 e. The highest BCUT2D eigenvalue weighted by atomic mass is 31.2. The Labute approximate surface area is 109 Å². The lowest BCUT2D eigenvalue weighted by Gasteiger charge is -2.10. The standard InChI is InChI=1S/C10H16N3O5P/c11-9-2-5-13(10(15)12-9)4-1-8(7-14)3-6-19(16,17)18/h2-3,5-6,8,14H,1,4,7H2,(H2,11,12,15)(H2,16,17,18).